The van der Waals surface area contributed by atoms with Crippen molar-refractivity contribution in [2.45, 2.75) is 0 Å². The van der Waals surface area contributed by atoms with Crippen LogP contribution in [0.25, 0.3) is 155 Å². The van der Waals surface area contributed by atoms with E-state index in [0.29, 0.717) is 17.5 Å². The molecule has 0 bridgehead atoms. The molecular formula is C75H47N7. The number of rotatable bonds is 8. The zero-order chi connectivity index (χ0) is 53.8. The largest absolute Gasteiger partial charge is 0.309 e. The number of benzene rings is 12. The molecule has 0 aliphatic heterocycles. The van der Waals surface area contributed by atoms with Gasteiger partial charge in [0.25, 0.3) is 0 Å². The smallest absolute Gasteiger partial charge is 0.164 e. The van der Waals surface area contributed by atoms with Gasteiger partial charge in [0.05, 0.1) is 44.1 Å². The first-order valence-electron chi connectivity index (χ1n) is 27.8. The average molecular weight is 1050 g/mol. The van der Waals surface area contributed by atoms with Gasteiger partial charge in [0.15, 0.2) is 17.5 Å². The summed E-state index contributed by atoms with van der Waals surface area (Å²) >= 11 is 0. The van der Waals surface area contributed by atoms with Crippen molar-refractivity contribution in [2.24, 2.45) is 0 Å². The molecule has 17 rings (SSSR count). The molecule has 0 unspecified atom stereocenters. The van der Waals surface area contributed by atoms with Crippen molar-refractivity contribution in [1.29, 1.82) is 0 Å². The molecule has 0 atom stereocenters. The molecule has 12 aromatic carbocycles. The fraction of sp³-hybridized carbons (Fsp3) is 0. The number of fused-ring (bicyclic) bond motifs is 12. The van der Waals surface area contributed by atoms with E-state index < -0.39 is 0 Å². The minimum absolute atomic E-state index is 0.593. The predicted octanol–water partition coefficient (Wildman–Crippen LogP) is 18.9. The molecule has 82 heavy (non-hydrogen) atoms. The molecule has 5 heterocycles. The Balaban J connectivity index is 0.814. The average Bonchev–Trinajstić information content (AvgIpc) is 2.28. The topological polar surface area (TPSA) is 58.4 Å². The molecule has 0 amide bonds. The van der Waals surface area contributed by atoms with Crippen LogP contribution in [0.15, 0.2) is 285 Å². The number of para-hydroxylation sites is 6. The summed E-state index contributed by atoms with van der Waals surface area (Å²) in [6.45, 7) is 0. The second-order valence-electron chi connectivity index (χ2n) is 21.2. The first-order valence-corrected chi connectivity index (χ1v) is 27.8. The minimum Gasteiger partial charge on any atom is -0.309 e. The number of nitrogens with zero attached hydrogens (tertiary/aromatic N) is 7. The number of aromatic nitrogens is 7. The van der Waals surface area contributed by atoms with Gasteiger partial charge in [-0.05, 0) is 132 Å². The molecule has 0 fully saturated rings. The SMILES string of the molecule is c1ccc(-c2ccccc2-c2nc(-c3ccc(-n4c5ccccc5c5cc6c7ccccc7n(-c7ccccc7)c6cc54)cc3)nc(-c3ccc(-n4c5ccccc5c5cc6c7ccccc7n(-c7ccccc7)c6cc54)cc3)n2)cc1. The highest BCUT2D eigenvalue weighted by atomic mass is 15.0. The summed E-state index contributed by atoms with van der Waals surface area (Å²) < 4.78 is 9.57. The highest BCUT2D eigenvalue weighted by molar-refractivity contribution is 6.21. The third kappa shape index (κ3) is 7.06. The molecule has 5 aromatic heterocycles. The Bertz CT molecular complexity index is 5070. The van der Waals surface area contributed by atoms with Crippen LogP contribution in [0.4, 0.5) is 0 Å². The van der Waals surface area contributed by atoms with Crippen molar-refractivity contribution in [3.63, 3.8) is 0 Å². The summed E-state index contributed by atoms with van der Waals surface area (Å²) in [7, 11) is 0. The molecule has 0 N–H and O–H groups in total. The van der Waals surface area contributed by atoms with E-state index in [4.69, 9.17) is 15.0 Å². The third-order valence-electron chi connectivity index (χ3n) is 16.6. The van der Waals surface area contributed by atoms with Crippen molar-refractivity contribution in [3.8, 4) is 68.0 Å². The predicted molar refractivity (Wildman–Crippen MR) is 339 cm³/mol. The molecule has 0 spiro atoms. The van der Waals surface area contributed by atoms with E-state index in [0.717, 1.165) is 83.7 Å². The van der Waals surface area contributed by atoms with E-state index in [1.54, 1.807) is 0 Å². The summed E-state index contributed by atoms with van der Waals surface area (Å²) in [6, 6.07) is 102. The van der Waals surface area contributed by atoms with Crippen LogP contribution in [-0.2, 0) is 0 Å². The Kier molecular flexibility index (Phi) is 10.2. The van der Waals surface area contributed by atoms with Crippen LogP contribution in [0.5, 0.6) is 0 Å². The summed E-state index contributed by atoms with van der Waals surface area (Å²) in [6.07, 6.45) is 0. The van der Waals surface area contributed by atoms with Crippen LogP contribution >= 0.6 is 0 Å². The maximum Gasteiger partial charge on any atom is 0.164 e. The number of hydrogen-bond donors (Lipinski definition) is 0. The fourth-order valence-corrected chi connectivity index (χ4v) is 13.0. The monoisotopic (exact) mass is 1050 g/mol. The molecule has 0 aliphatic carbocycles. The molecule has 7 heteroatoms. The van der Waals surface area contributed by atoms with Crippen molar-refractivity contribution < 1.29 is 0 Å². The van der Waals surface area contributed by atoms with Gasteiger partial charge in [-0.1, -0.05) is 164 Å². The second kappa shape index (κ2) is 18.2. The highest BCUT2D eigenvalue weighted by Crippen LogP contribution is 2.43. The van der Waals surface area contributed by atoms with Crippen molar-refractivity contribution in [3.05, 3.63) is 285 Å². The lowest BCUT2D eigenvalue weighted by molar-refractivity contribution is 1.07. The van der Waals surface area contributed by atoms with Crippen LogP contribution in [0.3, 0.4) is 0 Å². The van der Waals surface area contributed by atoms with Crippen LogP contribution < -0.4 is 0 Å². The Hall–Kier alpha value is -11.2. The maximum atomic E-state index is 5.33. The molecule has 7 nitrogen and oxygen atoms in total. The quantitative estimate of drug-likeness (QED) is 0.152. The fourth-order valence-electron chi connectivity index (χ4n) is 13.0. The van der Waals surface area contributed by atoms with Crippen LogP contribution in [0, 0.1) is 0 Å². The van der Waals surface area contributed by atoms with Gasteiger partial charge in [-0.15, -0.1) is 0 Å². The standard InChI is InChI=1S/C75H47N7/c1-4-20-48(21-5-1)55-26-10-11-31-60(55)75-77-73(49-36-40-53(41-37-49)81-67-34-18-14-29-58(67)63-44-61-56-27-12-16-32-65(56)79(69(61)46-71(63)81)51-22-6-2-7-23-51)76-74(78-75)50-38-42-54(43-39-50)82-68-35-19-15-30-59(68)64-45-62-57-28-13-17-33-66(57)80(70(62)47-72(64)82)52-24-8-3-9-25-52/h1-47H. The molecule has 17 aromatic rings. The van der Waals surface area contributed by atoms with Crippen molar-refractivity contribution in [1.82, 2.24) is 33.2 Å². The minimum atomic E-state index is 0.593. The third-order valence-corrected chi connectivity index (χ3v) is 16.6. The Morgan fingerprint density at radius 3 is 0.854 bits per heavy atom. The van der Waals surface area contributed by atoms with Gasteiger partial charge in [0, 0.05) is 82.5 Å². The van der Waals surface area contributed by atoms with Crippen LogP contribution in [0.1, 0.15) is 0 Å². The van der Waals surface area contributed by atoms with Gasteiger partial charge in [-0.25, -0.2) is 15.0 Å². The van der Waals surface area contributed by atoms with E-state index in [1.165, 1.54) is 54.1 Å². The van der Waals surface area contributed by atoms with E-state index in [9.17, 15) is 0 Å². The van der Waals surface area contributed by atoms with E-state index in [2.05, 4.69) is 297 Å². The second-order valence-corrected chi connectivity index (χ2v) is 21.2. The molecule has 0 aliphatic rings. The van der Waals surface area contributed by atoms with Crippen LogP contribution in [-0.4, -0.2) is 33.2 Å². The Labute approximate surface area is 471 Å². The molecule has 0 radical (unpaired) electrons. The molecule has 0 saturated carbocycles. The Morgan fingerprint density at radius 2 is 0.476 bits per heavy atom. The first kappa shape index (κ1) is 45.8. The van der Waals surface area contributed by atoms with E-state index in [-0.39, 0.29) is 0 Å². The summed E-state index contributed by atoms with van der Waals surface area (Å²) in [4.78, 5) is 16.0. The van der Waals surface area contributed by atoms with Crippen molar-refractivity contribution >= 4 is 87.2 Å². The van der Waals surface area contributed by atoms with Crippen molar-refractivity contribution in [2.75, 3.05) is 0 Å². The zero-order valence-corrected chi connectivity index (χ0v) is 44.3. The first-order chi connectivity index (χ1) is 40.7. The van der Waals surface area contributed by atoms with Gasteiger partial charge in [0.2, 0.25) is 0 Å². The number of hydrogen-bond acceptors (Lipinski definition) is 3. The lowest BCUT2D eigenvalue weighted by atomic mass is 9.99. The molecule has 0 saturated heterocycles. The Morgan fingerprint density at radius 1 is 0.183 bits per heavy atom. The maximum absolute atomic E-state index is 5.33. The van der Waals surface area contributed by atoms with E-state index >= 15 is 0 Å². The summed E-state index contributed by atoms with van der Waals surface area (Å²) in [5.74, 6) is 1.79. The lowest BCUT2D eigenvalue weighted by Gasteiger charge is -2.13. The molecule has 382 valence electrons. The van der Waals surface area contributed by atoms with E-state index in [1.807, 2.05) is 6.07 Å². The zero-order valence-electron chi connectivity index (χ0n) is 44.3. The summed E-state index contributed by atoms with van der Waals surface area (Å²) in [5, 5.41) is 9.75. The van der Waals surface area contributed by atoms with Gasteiger partial charge < -0.3 is 18.3 Å². The summed E-state index contributed by atoms with van der Waals surface area (Å²) in [5.41, 5.74) is 18.5. The van der Waals surface area contributed by atoms with Gasteiger partial charge in [-0.3, -0.25) is 0 Å². The lowest BCUT2D eigenvalue weighted by Crippen LogP contribution is -2.02. The van der Waals surface area contributed by atoms with Crippen LogP contribution in [0.2, 0.25) is 0 Å². The molecular weight excluding hydrogens is 999 g/mol. The van der Waals surface area contributed by atoms with Gasteiger partial charge in [0.1, 0.15) is 0 Å². The highest BCUT2D eigenvalue weighted by Gasteiger charge is 2.22. The normalized spacial score (nSPS) is 11.9. The van der Waals surface area contributed by atoms with Gasteiger partial charge in [-0.2, -0.15) is 0 Å². The van der Waals surface area contributed by atoms with Gasteiger partial charge >= 0.3 is 0 Å².